The molecule has 0 amide bonds. The smallest absolute Gasteiger partial charge is 0.243 e. The van der Waals surface area contributed by atoms with Crippen molar-refractivity contribution >= 4 is 10.0 Å². The Labute approximate surface area is 113 Å². The maximum absolute atomic E-state index is 13.4. The molecule has 0 spiro atoms. The average molecular weight is 286 g/mol. The first-order valence-electron chi connectivity index (χ1n) is 6.30. The van der Waals surface area contributed by atoms with E-state index < -0.39 is 21.4 Å². The van der Waals surface area contributed by atoms with Gasteiger partial charge >= 0.3 is 0 Å². The lowest BCUT2D eigenvalue weighted by Crippen LogP contribution is -2.42. The first-order chi connectivity index (χ1) is 8.79. The molecule has 2 rings (SSSR count). The number of hydrogen-bond acceptors (Lipinski definition) is 3. The van der Waals surface area contributed by atoms with Gasteiger partial charge in [0.05, 0.1) is 4.90 Å². The molecule has 0 aliphatic carbocycles. The van der Waals surface area contributed by atoms with Crippen LogP contribution in [0.2, 0.25) is 0 Å². The molecular weight excluding hydrogens is 267 g/mol. The molecule has 1 aliphatic rings. The Kier molecular flexibility index (Phi) is 3.68. The maximum Gasteiger partial charge on any atom is 0.243 e. The molecular formula is C13H19FN2O2S. The van der Waals surface area contributed by atoms with E-state index in [9.17, 15) is 12.8 Å². The molecule has 0 radical (unpaired) electrons. The van der Waals surface area contributed by atoms with Gasteiger partial charge in [0.1, 0.15) is 5.82 Å². The Hall–Kier alpha value is -0.980. The van der Waals surface area contributed by atoms with Gasteiger partial charge in [0.2, 0.25) is 10.0 Å². The van der Waals surface area contributed by atoms with Crippen LogP contribution in [0.1, 0.15) is 32.3 Å². The monoisotopic (exact) mass is 286 g/mol. The zero-order chi connectivity index (χ0) is 14.3. The van der Waals surface area contributed by atoms with Crippen LogP contribution in [0.25, 0.3) is 0 Å². The Morgan fingerprint density at radius 3 is 2.63 bits per heavy atom. The van der Waals surface area contributed by atoms with Gasteiger partial charge in [-0.15, -0.1) is 0 Å². The lowest BCUT2D eigenvalue weighted by atomic mass is 10.0. The summed E-state index contributed by atoms with van der Waals surface area (Å²) >= 11 is 0. The molecule has 6 heteroatoms. The molecule has 1 aromatic rings. The van der Waals surface area contributed by atoms with Gasteiger partial charge < -0.3 is 5.73 Å². The van der Waals surface area contributed by atoms with Crippen LogP contribution in [0.4, 0.5) is 4.39 Å². The molecule has 19 heavy (non-hydrogen) atoms. The minimum absolute atomic E-state index is 0.0153. The van der Waals surface area contributed by atoms with Crippen molar-refractivity contribution in [3.8, 4) is 0 Å². The van der Waals surface area contributed by atoms with E-state index in [-0.39, 0.29) is 17.0 Å². The Balaban J connectivity index is 2.45. The van der Waals surface area contributed by atoms with Gasteiger partial charge in [-0.3, -0.25) is 0 Å². The number of rotatable bonds is 3. The van der Waals surface area contributed by atoms with Crippen LogP contribution in [0.15, 0.2) is 23.1 Å². The largest absolute Gasteiger partial charge is 0.326 e. The second-order valence-electron chi connectivity index (χ2n) is 5.45. The van der Waals surface area contributed by atoms with Crippen LogP contribution in [0.3, 0.4) is 0 Å². The van der Waals surface area contributed by atoms with Crippen molar-refractivity contribution in [3.63, 3.8) is 0 Å². The van der Waals surface area contributed by atoms with E-state index in [0.29, 0.717) is 6.54 Å². The highest BCUT2D eigenvalue weighted by molar-refractivity contribution is 7.89. The lowest BCUT2D eigenvalue weighted by molar-refractivity contribution is 0.291. The predicted octanol–water partition coefficient (Wildman–Crippen LogP) is 1.85. The quantitative estimate of drug-likeness (QED) is 0.922. The summed E-state index contributed by atoms with van der Waals surface area (Å²) in [5.41, 5.74) is 5.25. The summed E-state index contributed by atoms with van der Waals surface area (Å²) in [5.74, 6) is -0.470. The summed E-state index contributed by atoms with van der Waals surface area (Å²) in [4.78, 5) is 0.115. The summed E-state index contributed by atoms with van der Waals surface area (Å²) in [7, 11) is -3.58. The Bertz CT molecular complexity index is 584. The van der Waals surface area contributed by atoms with Gasteiger partial charge in [0.15, 0.2) is 0 Å². The van der Waals surface area contributed by atoms with E-state index in [0.717, 1.165) is 18.9 Å². The van der Waals surface area contributed by atoms with Crippen molar-refractivity contribution in [2.75, 3.05) is 6.54 Å². The van der Waals surface area contributed by atoms with Gasteiger partial charge in [0, 0.05) is 24.2 Å². The average Bonchev–Trinajstić information content (AvgIpc) is 2.70. The van der Waals surface area contributed by atoms with Gasteiger partial charge in [-0.2, -0.15) is 4.31 Å². The lowest BCUT2D eigenvalue weighted by Gasteiger charge is -2.30. The van der Waals surface area contributed by atoms with Crippen molar-refractivity contribution in [1.29, 1.82) is 0 Å². The van der Waals surface area contributed by atoms with Gasteiger partial charge in [-0.05, 0) is 44.9 Å². The van der Waals surface area contributed by atoms with Crippen LogP contribution in [0, 0.1) is 5.82 Å². The van der Waals surface area contributed by atoms with Crippen molar-refractivity contribution in [2.24, 2.45) is 5.73 Å². The highest BCUT2D eigenvalue weighted by Crippen LogP contribution is 2.34. The van der Waals surface area contributed by atoms with Crippen LogP contribution >= 0.6 is 0 Å². The molecule has 1 fully saturated rings. The molecule has 106 valence electrons. The molecule has 1 heterocycles. The molecule has 1 aromatic carbocycles. The van der Waals surface area contributed by atoms with Crippen LogP contribution < -0.4 is 5.73 Å². The second-order valence-corrected chi connectivity index (χ2v) is 7.31. The summed E-state index contributed by atoms with van der Waals surface area (Å²) in [5, 5.41) is 0. The Morgan fingerprint density at radius 2 is 2.11 bits per heavy atom. The third-order valence-electron chi connectivity index (χ3n) is 3.65. The highest BCUT2D eigenvalue weighted by Gasteiger charge is 2.40. The molecule has 2 N–H and O–H groups in total. The molecule has 0 unspecified atom stereocenters. The number of halogens is 1. The van der Waals surface area contributed by atoms with E-state index >= 15 is 0 Å². The van der Waals surface area contributed by atoms with E-state index in [1.165, 1.54) is 16.4 Å². The standard InChI is InChI=1S/C13H19FN2O2S/c1-13(2)6-3-7-16(13)19(17,18)11-4-5-12(14)10(8-11)9-15/h4-5,8H,3,6-7,9,15H2,1-2H3. The summed E-state index contributed by atoms with van der Waals surface area (Å²) in [6.07, 6.45) is 1.67. The predicted molar refractivity (Wildman–Crippen MR) is 71.5 cm³/mol. The third-order valence-corrected chi connectivity index (χ3v) is 5.76. The normalized spacial score (nSPS) is 19.8. The number of nitrogens with zero attached hydrogens (tertiary/aromatic N) is 1. The molecule has 4 nitrogen and oxygen atoms in total. The van der Waals surface area contributed by atoms with Crippen molar-refractivity contribution < 1.29 is 12.8 Å². The van der Waals surface area contributed by atoms with Crippen LogP contribution in [-0.4, -0.2) is 24.8 Å². The maximum atomic E-state index is 13.4. The molecule has 0 aromatic heterocycles. The van der Waals surface area contributed by atoms with Crippen LogP contribution in [0.5, 0.6) is 0 Å². The van der Waals surface area contributed by atoms with Gasteiger partial charge in [-0.1, -0.05) is 0 Å². The number of hydrogen-bond donors (Lipinski definition) is 1. The molecule has 0 bridgehead atoms. The molecule has 0 saturated carbocycles. The van der Waals surface area contributed by atoms with Crippen molar-refractivity contribution in [3.05, 3.63) is 29.6 Å². The van der Waals surface area contributed by atoms with E-state index in [4.69, 9.17) is 5.73 Å². The number of benzene rings is 1. The van der Waals surface area contributed by atoms with Gasteiger partial charge in [-0.25, -0.2) is 12.8 Å². The van der Waals surface area contributed by atoms with E-state index in [1.54, 1.807) is 0 Å². The highest BCUT2D eigenvalue weighted by atomic mass is 32.2. The number of sulfonamides is 1. The van der Waals surface area contributed by atoms with Crippen molar-refractivity contribution in [2.45, 2.75) is 43.7 Å². The second kappa shape index (κ2) is 4.85. The first-order valence-corrected chi connectivity index (χ1v) is 7.74. The fraction of sp³-hybridized carbons (Fsp3) is 0.538. The number of nitrogens with two attached hydrogens (primary N) is 1. The Morgan fingerprint density at radius 1 is 1.42 bits per heavy atom. The fourth-order valence-corrected chi connectivity index (χ4v) is 4.42. The fourth-order valence-electron chi connectivity index (χ4n) is 2.52. The zero-order valence-electron chi connectivity index (χ0n) is 11.2. The molecule has 1 saturated heterocycles. The van der Waals surface area contributed by atoms with Crippen molar-refractivity contribution in [1.82, 2.24) is 4.31 Å². The minimum Gasteiger partial charge on any atom is -0.326 e. The third kappa shape index (κ3) is 2.52. The summed E-state index contributed by atoms with van der Waals surface area (Å²) in [6, 6.07) is 3.80. The minimum atomic E-state index is -3.58. The van der Waals surface area contributed by atoms with Crippen LogP contribution in [-0.2, 0) is 16.6 Å². The van der Waals surface area contributed by atoms with E-state index in [2.05, 4.69) is 0 Å². The SMILES string of the molecule is CC1(C)CCCN1S(=O)(=O)c1ccc(F)c(CN)c1. The first kappa shape index (κ1) is 14.4. The summed E-state index contributed by atoms with van der Waals surface area (Å²) in [6.45, 7) is 4.30. The summed E-state index contributed by atoms with van der Waals surface area (Å²) < 4.78 is 40.1. The molecule has 0 atom stereocenters. The topological polar surface area (TPSA) is 63.4 Å². The zero-order valence-corrected chi connectivity index (χ0v) is 12.0. The van der Waals surface area contributed by atoms with Gasteiger partial charge in [0.25, 0.3) is 0 Å². The molecule has 1 aliphatic heterocycles. The van der Waals surface area contributed by atoms with E-state index in [1.807, 2.05) is 13.8 Å².